The Labute approximate surface area is 187 Å². The van der Waals surface area contributed by atoms with Crippen LogP contribution in [0, 0.1) is 0 Å². The number of hydrogen-bond acceptors (Lipinski definition) is 5. The van der Waals surface area contributed by atoms with Gasteiger partial charge in [0.25, 0.3) is 0 Å². The van der Waals surface area contributed by atoms with Gasteiger partial charge in [-0.25, -0.2) is 4.98 Å². The summed E-state index contributed by atoms with van der Waals surface area (Å²) in [4.78, 5) is 7.68. The molecular weight excluding hydrogens is 520 g/mol. The third-order valence-electron chi connectivity index (χ3n) is 4.22. The van der Waals surface area contributed by atoms with Gasteiger partial charge >= 0.3 is 6.18 Å². The van der Waals surface area contributed by atoms with Crippen LogP contribution >= 0.6 is 35.3 Å². The Morgan fingerprint density at radius 1 is 1.34 bits per heavy atom. The summed E-state index contributed by atoms with van der Waals surface area (Å²) in [5, 5.41) is 7.42. The first kappa shape index (κ1) is 23.5. The summed E-state index contributed by atoms with van der Waals surface area (Å²) in [6, 6.07) is 3.91. The first-order valence-electron chi connectivity index (χ1n) is 8.62. The van der Waals surface area contributed by atoms with E-state index in [1.165, 1.54) is 0 Å². The van der Waals surface area contributed by atoms with Gasteiger partial charge in [0.15, 0.2) is 11.7 Å². The van der Waals surface area contributed by atoms with Gasteiger partial charge in [-0.2, -0.15) is 13.2 Å². The van der Waals surface area contributed by atoms with Crippen molar-refractivity contribution in [2.75, 3.05) is 14.2 Å². The molecule has 1 unspecified atom stereocenters. The lowest BCUT2D eigenvalue weighted by atomic mass is 10.1. The molecule has 0 amide bonds. The third kappa shape index (κ3) is 5.87. The molecule has 1 aliphatic heterocycles. The molecule has 29 heavy (non-hydrogen) atoms. The zero-order valence-electron chi connectivity index (χ0n) is 16.1. The molecule has 2 heterocycles. The topological polar surface area (TPSA) is 67.8 Å². The fraction of sp³-hybridized carbons (Fsp3) is 0.444. The quantitative estimate of drug-likeness (QED) is 0.340. The van der Waals surface area contributed by atoms with Crippen molar-refractivity contribution in [3.8, 4) is 11.5 Å². The Bertz CT molecular complexity index is 873. The molecule has 0 saturated carbocycles. The molecule has 3 rings (SSSR count). The highest BCUT2D eigenvalue weighted by molar-refractivity contribution is 14.0. The zero-order valence-corrected chi connectivity index (χ0v) is 19.2. The van der Waals surface area contributed by atoms with E-state index in [4.69, 9.17) is 9.47 Å². The number of halogens is 4. The van der Waals surface area contributed by atoms with E-state index in [0.717, 1.165) is 45.8 Å². The van der Waals surface area contributed by atoms with Crippen LogP contribution in [0.25, 0.3) is 0 Å². The summed E-state index contributed by atoms with van der Waals surface area (Å²) < 4.78 is 49.1. The number of ether oxygens (including phenoxy) is 2. The molecule has 2 N–H and O–H groups in total. The van der Waals surface area contributed by atoms with E-state index >= 15 is 0 Å². The van der Waals surface area contributed by atoms with Gasteiger partial charge in [-0.1, -0.05) is 0 Å². The molecule has 0 aliphatic carbocycles. The highest BCUT2D eigenvalue weighted by Gasteiger charge is 2.33. The summed E-state index contributed by atoms with van der Waals surface area (Å²) in [6.45, 7) is 2.57. The van der Waals surface area contributed by atoms with Crippen LogP contribution in [0.3, 0.4) is 0 Å². The molecule has 1 aliphatic rings. The summed E-state index contributed by atoms with van der Waals surface area (Å²) in [5.74, 6) is 2.03. The number of fused-ring (bicyclic) bond motifs is 1. The molecule has 1 atom stereocenters. The second-order valence-corrected chi connectivity index (χ2v) is 7.25. The van der Waals surface area contributed by atoms with Gasteiger partial charge in [0, 0.05) is 36.5 Å². The number of benzene rings is 1. The number of nitrogens with zero attached hydrogens (tertiary/aromatic N) is 2. The molecule has 0 spiro atoms. The Kier molecular flexibility index (Phi) is 7.97. The molecule has 6 nitrogen and oxygen atoms in total. The van der Waals surface area contributed by atoms with Crippen molar-refractivity contribution in [2.45, 2.75) is 38.7 Å². The van der Waals surface area contributed by atoms with Gasteiger partial charge < -0.3 is 20.1 Å². The molecular formula is C18H22F3IN4O2S. The van der Waals surface area contributed by atoms with Gasteiger partial charge in [0.2, 0.25) is 0 Å². The number of alkyl halides is 3. The molecule has 2 aromatic rings. The second kappa shape index (κ2) is 9.83. The number of thiazole rings is 1. The Balaban J connectivity index is 0.00000300. The minimum Gasteiger partial charge on any atom is -0.496 e. The van der Waals surface area contributed by atoms with Crippen LogP contribution in [-0.2, 0) is 25.7 Å². The van der Waals surface area contributed by atoms with Crippen LogP contribution in [0.2, 0.25) is 0 Å². The number of nitrogens with one attached hydrogen (secondary N) is 2. The van der Waals surface area contributed by atoms with Gasteiger partial charge in [0.05, 0.1) is 13.7 Å². The number of methoxy groups -OCH3 is 1. The summed E-state index contributed by atoms with van der Waals surface area (Å²) in [7, 11) is 3.20. The maximum absolute atomic E-state index is 12.6. The van der Waals surface area contributed by atoms with Crippen molar-refractivity contribution in [1.29, 1.82) is 0 Å². The largest absolute Gasteiger partial charge is 0.496 e. The summed E-state index contributed by atoms with van der Waals surface area (Å²) in [6.07, 6.45) is -3.45. The summed E-state index contributed by atoms with van der Waals surface area (Å²) in [5.41, 5.74) is 1.13. The van der Waals surface area contributed by atoms with Crippen molar-refractivity contribution in [2.24, 2.45) is 4.99 Å². The highest BCUT2D eigenvalue weighted by Crippen LogP contribution is 2.35. The number of hydrogen-bond donors (Lipinski definition) is 2. The molecule has 0 fully saturated rings. The molecule has 1 aromatic heterocycles. The van der Waals surface area contributed by atoms with Gasteiger partial charge in [0.1, 0.15) is 22.6 Å². The van der Waals surface area contributed by atoms with E-state index in [1.807, 2.05) is 19.1 Å². The fourth-order valence-electron chi connectivity index (χ4n) is 2.89. The van der Waals surface area contributed by atoms with Crippen molar-refractivity contribution < 1.29 is 22.6 Å². The second-order valence-electron chi connectivity index (χ2n) is 6.31. The average molecular weight is 542 g/mol. The molecule has 160 valence electrons. The normalized spacial score (nSPS) is 15.9. The summed E-state index contributed by atoms with van der Waals surface area (Å²) >= 11 is 0.950. The van der Waals surface area contributed by atoms with Crippen molar-refractivity contribution in [1.82, 2.24) is 15.6 Å². The van der Waals surface area contributed by atoms with E-state index in [2.05, 4.69) is 20.6 Å². The van der Waals surface area contributed by atoms with Gasteiger partial charge in [-0.15, -0.1) is 35.3 Å². The van der Waals surface area contributed by atoms with Crippen LogP contribution in [0.15, 0.2) is 22.5 Å². The average Bonchev–Trinajstić information content (AvgIpc) is 3.26. The highest BCUT2D eigenvalue weighted by atomic mass is 127. The lowest BCUT2D eigenvalue weighted by molar-refractivity contribution is -0.140. The monoisotopic (exact) mass is 542 g/mol. The van der Waals surface area contributed by atoms with E-state index in [0.29, 0.717) is 17.5 Å². The standard InChI is InChI=1S/C18H21F3N4O2S.HI/c1-10-4-11-5-13(26-3)12(6-14(11)27-10)7-23-17(22-2)24-8-16-25-15(9-28-16)18(19,20)21;/h5-6,9-10H,4,7-8H2,1-3H3,(H2,22,23,24);1H. The smallest absolute Gasteiger partial charge is 0.434 e. The van der Waals surface area contributed by atoms with Crippen LogP contribution < -0.4 is 20.1 Å². The zero-order chi connectivity index (χ0) is 20.3. The predicted molar refractivity (Wildman–Crippen MR) is 116 cm³/mol. The van der Waals surface area contributed by atoms with Crippen molar-refractivity contribution in [3.63, 3.8) is 0 Å². The minimum atomic E-state index is -4.43. The minimum absolute atomic E-state index is 0. The molecule has 0 bridgehead atoms. The molecule has 1 aromatic carbocycles. The predicted octanol–water partition coefficient (Wildman–Crippen LogP) is 3.98. The maximum Gasteiger partial charge on any atom is 0.434 e. The van der Waals surface area contributed by atoms with Crippen LogP contribution in [0.1, 0.15) is 28.8 Å². The lowest BCUT2D eigenvalue weighted by Gasteiger charge is -2.14. The van der Waals surface area contributed by atoms with Crippen molar-refractivity contribution >= 4 is 41.3 Å². The Hall–Kier alpha value is -1.76. The lowest BCUT2D eigenvalue weighted by Crippen LogP contribution is -2.36. The SMILES string of the molecule is CN=C(NCc1nc(C(F)(F)F)cs1)NCc1cc2c(cc1OC)CC(C)O2.I. The van der Waals surface area contributed by atoms with E-state index in [-0.39, 0.29) is 36.6 Å². The van der Waals surface area contributed by atoms with E-state index in [9.17, 15) is 13.2 Å². The molecule has 11 heteroatoms. The number of aliphatic imine (C=N–C) groups is 1. The van der Waals surface area contributed by atoms with Crippen LogP contribution in [-0.4, -0.2) is 31.2 Å². The van der Waals surface area contributed by atoms with Crippen LogP contribution in [0.5, 0.6) is 11.5 Å². The van der Waals surface area contributed by atoms with E-state index < -0.39 is 11.9 Å². The van der Waals surface area contributed by atoms with Gasteiger partial charge in [-0.05, 0) is 19.1 Å². The Morgan fingerprint density at radius 3 is 2.69 bits per heavy atom. The third-order valence-corrected chi connectivity index (χ3v) is 5.07. The van der Waals surface area contributed by atoms with Gasteiger partial charge in [-0.3, -0.25) is 4.99 Å². The Morgan fingerprint density at radius 2 is 2.07 bits per heavy atom. The number of aromatic nitrogens is 1. The van der Waals surface area contributed by atoms with E-state index in [1.54, 1.807) is 14.2 Å². The van der Waals surface area contributed by atoms with Crippen molar-refractivity contribution in [3.05, 3.63) is 39.3 Å². The number of guanidine groups is 1. The maximum atomic E-state index is 12.6. The molecule has 0 radical (unpaired) electrons. The number of rotatable bonds is 5. The fourth-order valence-corrected chi connectivity index (χ4v) is 3.63. The molecule has 0 saturated heterocycles. The first-order valence-corrected chi connectivity index (χ1v) is 9.50. The first-order chi connectivity index (χ1) is 13.3. The van der Waals surface area contributed by atoms with Crippen LogP contribution in [0.4, 0.5) is 13.2 Å².